The van der Waals surface area contributed by atoms with E-state index in [1.165, 1.54) is 0 Å². The van der Waals surface area contributed by atoms with Crippen LogP contribution in [0.3, 0.4) is 0 Å². The predicted molar refractivity (Wildman–Crippen MR) is 69.3 cm³/mol. The Morgan fingerprint density at radius 1 is 1.55 bits per heavy atom. The monoisotopic (exact) mass is 282 g/mol. The van der Waals surface area contributed by atoms with E-state index in [4.69, 9.17) is 10.8 Å². The molecule has 0 aliphatic rings. The van der Waals surface area contributed by atoms with Gasteiger partial charge in [-0.2, -0.15) is 0 Å². The fourth-order valence-corrected chi connectivity index (χ4v) is 1.24. The Morgan fingerprint density at radius 3 is 2.60 bits per heavy atom. The summed E-state index contributed by atoms with van der Waals surface area (Å²) in [4.78, 5) is 35.7. The molecule has 1 amide bonds. The number of amides is 1. The number of carboxylic acid groups (broad SMARTS) is 1. The molecule has 0 saturated heterocycles. The molecule has 1 heterocycles. The van der Waals surface area contributed by atoms with E-state index in [0.717, 1.165) is 12.3 Å². The summed E-state index contributed by atoms with van der Waals surface area (Å²) in [7, 11) is 0. The minimum Gasteiger partial charge on any atom is -0.478 e. The van der Waals surface area contributed by atoms with Crippen LogP contribution in [0.25, 0.3) is 0 Å². The van der Waals surface area contributed by atoms with Gasteiger partial charge in [0.25, 0.3) is 0 Å². The molecule has 108 valence electrons. The van der Waals surface area contributed by atoms with E-state index >= 15 is 0 Å². The number of nitrogens with two attached hydrogens (primary N) is 1. The molecule has 0 unspecified atom stereocenters. The number of carbonyl (C=O) groups excluding carboxylic acids is 1. The number of nitrogens with one attached hydrogen (secondary N) is 1. The van der Waals surface area contributed by atoms with Crippen molar-refractivity contribution in [1.29, 1.82) is 0 Å². The van der Waals surface area contributed by atoms with Gasteiger partial charge >= 0.3 is 11.7 Å². The van der Waals surface area contributed by atoms with E-state index in [1.54, 1.807) is 13.8 Å². The summed E-state index contributed by atoms with van der Waals surface area (Å²) >= 11 is 0. The van der Waals surface area contributed by atoms with Gasteiger partial charge in [-0.25, -0.2) is 9.78 Å². The second kappa shape index (κ2) is 5.51. The molecular weight excluding hydrogens is 268 g/mol. The molecule has 0 aromatic carbocycles. The molecule has 0 saturated carbocycles. The topological polar surface area (TPSA) is 148 Å². The highest BCUT2D eigenvalue weighted by molar-refractivity contribution is 5.88. The van der Waals surface area contributed by atoms with Gasteiger partial charge in [0.2, 0.25) is 11.7 Å². The molecule has 20 heavy (non-hydrogen) atoms. The van der Waals surface area contributed by atoms with Gasteiger partial charge in [0, 0.05) is 18.8 Å². The van der Waals surface area contributed by atoms with Gasteiger partial charge < -0.3 is 16.2 Å². The third-order valence-corrected chi connectivity index (χ3v) is 2.68. The summed E-state index contributed by atoms with van der Waals surface area (Å²) in [6.45, 7) is 3.17. The first-order valence-electron chi connectivity index (χ1n) is 5.56. The Labute approximate surface area is 114 Å². The van der Waals surface area contributed by atoms with E-state index in [-0.39, 0.29) is 17.9 Å². The Bertz CT molecular complexity index is 570. The molecule has 9 heteroatoms. The largest absolute Gasteiger partial charge is 0.478 e. The van der Waals surface area contributed by atoms with E-state index in [2.05, 4.69) is 10.3 Å². The summed E-state index contributed by atoms with van der Waals surface area (Å²) in [6, 6.07) is 0.898. The van der Waals surface area contributed by atoms with Crippen molar-refractivity contribution in [3.63, 3.8) is 0 Å². The molecule has 4 N–H and O–H groups in total. The van der Waals surface area contributed by atoms with Crippen molar-refractivity contribution in [2.75, 3.05) is 11.9 Å². The minimum absolute atomic E-state index is 0.0303. The molecule has 1 aromatic rings. The van der Waals surface area contributed by atoms with Crippen LogP contribution in [0.1, 0.15) is 24.2 Å². The predicted octanol–water partition coefficient (Wildman–Crippen LogP) is 0.611. The second-order valence-electron chi connectivity index (χ2n) is 4.76. The number of carbonyl (C=O) groups is 2. The number of aromatic nitrogens is 1. The Balaban J connectivity index is 3.04. The van der Waals surface area contributed by atoms with Crippen LogP contribution in [0.15, 0.2) is 12.3 Å². The number of rotatable bonds is 6. The lowest BCUT2D eigenvalue weighted by atomic mass is 9.93. The van der Waals surface area contributed by atoms with Gasteiger partial charge in [0.15, 0.2) is 0 Å². The molecule has 0 fully saturated rings. The quantitative estimate of drug-likeness (QED) is 0.511. The van der Waals surface area contributed by atoms with Crippen LogP contribution in [0, 0.1) is 15.5 Å². The molecule has 0 aliphatic carbocycles. The van der Waals surface area contributed by atoms with Gasteiger partial charge in [-0.3, -0.25) is 14.9 Å². The first kappa shape index (κ1) is 15.3. The summed E-state index contributed by atoms with van der Waals surface area (Å²) in [6.07, 6.45) is 0.995. The third kappa shape index (κ3) is 3.40. The van der Waals surface area contributed by atoms with Crippen molar-refractivity contribution in [2.45, 2.75) is 13.8 Å². The maximum Gasteiger partial charge on any atom is 0.337 e. The number of nitrogens with zero attached hydrogens (tertiary/aromatic N) is 2. The maximum atomic E-state index is 11.2. The average Bonchev–Trinajstić information content (AvgIpc) is 2.35. The summed E-state index contributed by atoms with van der Waals surface area (Å²) < 4.78 is 0. The van der Waals surface area contributed by atoms with Gasteiger partial charge in [0.1, 0.15) is 0 Å². The Morgan fingerprint density at radius 2 is 2.15 bits per heavy atom. The van der Waals surface area contributed by atoms with Crippen LogP contribution in [-0.2, 0) is 4.79 Å². The Hall–Kier alpha value is -2.71. The molecule has 1 aromatic heterocycles. The van der Waals surface area contributed by atoms with Crippen molar-refractivity contribution in [3.8, 4) is 0 Å². The summed E-state index contributed by atoms with van der Waals surface area (Å²) in [5.41, 5.74) is 3.48. The maximum absolute atomic E-state index is 11.2. The molecule has 0 spiro atoms. The van der Waals surface area contributed by atoms with Gasteiger partial charge in [0.05, 0.1) is 15.9 Å². The summed E-state index contributed by atoms with van der Waals surface area (Å²) in [5, 5.41) is 22.3. The molecule has 0 atom stereocenters. The van der Waals surface area contributed by atoms with Crippen LogP contribution in [0.5, 0.6) is 0 Å². The molecule has 0 aliphatic heterocycles. The molecule has 1 rings (SSSR count). The lowest BCUT2D eigenvalue weighted by Gasteiger charge is -2.20. The van der Waals surface area contributed by atoms with Crippen molar-refractivity contribution in [2.24, 2.45) is 11.1 Å². The number of nitro groups is 1. The third-order valence-electron chi connectivity index (χ3n) is 2.68. The zero-order chi connectivity index (χ0) is 15.5. The zero-order valence-corrected chi connectivity index (χ0v) is 10.9. The van der Waals surface area contributed by atoms with Gasteiger partial charge in [-0.05, 0) is 13.8 Å². The standard InChI is InChI=1S/C11H14N4O5/c1-11(2,10(12)18)5-14-8-7(15(19)20)3-6(4-13-8)9(16)17/h3-4H,5H2,1-2H3,(H2,12,18)(H,13,14)(H,16,17). The van der Waals surface area contributed by atoms with Crippen LogP contribution >= 0.6 is 0 Å². The van der Waals surface area contributed by atoms with Gasteiger partial charge in [-0.15, -0.1) is 0 Å². The number of anilines is 1. The number of pyridine rings is 1. The first-order valence-corrected chi connectivity index (χ1v) is 5.56. The number of aromatic carboxylic acids is 1. The van der Waals surface area contributed by atoms with Crippen LogP contribution < -0.4 is 11.1 Å². The molecule has 9 nitrogen and oxygen atoms in total. The van der Waals surface area contributed by atoms with Crippen molar-refractivity contribution in [1.82, 2.24) is 4.98 Å². The van der Waals surface area contributed by atoms with E-state index in [1.807, 2.05) is 0 Å². The van der Waals surface area contributed by atoms with E-state index < -0.39 is 27.9 Å². The summed E-state index contributed by atoms with van der Waals surface area (Å²) in [5.74, 6) is -2.01. The smallest absolute Gasteiger partial charge is 0.337 e. The van der Waals surface area contributed by atoms with Crippen LogP contribution in [0.4, 0.5) is 11.5 Å². The fraction of sp³-hybridized carbons (Fsp3) is 0.364. The molecular formula is C11H14N4O5. The van der Waals surface area contributed by atoms with Gasteiger partial charge in [-0.1, -0.05) is 0 Å². The lowest BCUT2D eigenvalue weighted by Crippen LogP contribution is -2.37. The molecule has 0 bridgehead atoms. The minimum atomic E-state index is -1.32. The second-order valence-corrected chi connectivity index (χ2v) is 4.76. The lowest BCUT2D eigenvalue weighted by molar-refractivity contribution is -0.384. The van der Waals surface area contributed by atoms with E-state index in [9.17, 15) is 19.7 Å². The van der Waals surface area contributed by atoms with Crippen LogP contribution in [-0.4, -0.2) is 33.4 Å². The number of hydrogen-bond donors (Lipinski definition) is 3. The van der Waals surface area contributed by atoms with Crippen molar-refractivity contribution < 1.29 is 19.6 Å². The highest BCUT2D eigenvalue weighted by Gasteiger charge is 2.27. The van der Waals surface area contributed by atoms with E-state index in [0.29, 0.717) is 0 Å². The number of hydrogen-bond acceptors (Lipinski definition) is 6. The highest BCUT2D eigenvalue weighted by Crippen LogP contribution is 2.24. The fourth-order valence-electron chi connectivity index (χ4n) is 1.24. The van der Waals surface area contributed by atoms with Crippen molar-refractivity contribution >= 4 is 23.4 Å². The highest BCUT2D eigenvalue weighted by atomic mass is 16.6. The van der Waals surface area contributed by atoms with Crippen molar-refractivity contribution in [3.05, 3.63) is 27.9 Å². The number of carboxylic acids is 1. The molecule has 0 radical (unpaired) electrons. The Kier molecular flexibility index (Phi) is 4.23. The normalized spacial score (nSPS) is 10.9. The SMILES string of the molecule is CC(C)(CNc1ncc(C(=O)O)cc1[N+](=O)[O-])C(N)=O. The van der Waals surface area contributed by atoms with Crippen LogP contribution in [0.2, 0.25) is 0 Å². The number of primary amides is 1. The average molecular weight is 282 g/mol. The zero-order valence-electron chi connectivity index (χ0n) is 10.9. The first-order chi connectivity index (χ1) is 9.15.